The summed E-state index contributed by atoms with van der Waals surface area (Å²) in [7, 11) is 1.82. The minimum Gasteiger partial charge on any atom is -0.351 e. The predicted octanol–water partition coefficient (Wildman–Crippen LogP) is 2.28. The van der Waals surface area contributed by atoms with Crippen LogP contribution in [-0.4, -0.2) is 38.5 Å². The molecule has 28 heavy (non-hydrogen) atoms. The van der Waals surface area contributed by atoms with Crippen molar-refractivity contribution in [1.29, 1.82) is 0 Å². The third-order valence-corrected chi connectivity index (χ3v) is 4.78. The van der Waals surface area contributed by atoms with Crippen molar-refractivity contribution in [2.24, 2.45) is 0 Å². The van der Waals surface area contributed by atoms with Gasteiger partial charge in [-0.15, -0.1) is 0 Å². The van der Waals surface area contributed by atoms with Gasteiger partial charge in [-0.2, -0.15) is 0 Å². The molecule has 0 aliphatic heterocycles. The van der Waals surface area contributed by atoms with Crippen molar-refractivity contribution in [1.82, 2.24) is 5.32 Å². The lowest BCUT2D eigenvalue weighted by molar-refractivity contribution is -0.862. The number of anilines is 1. The maximum Gasteiger partial charge on any atom is 0.279 e. The number of carbonyl (C=O) groups is 2. The van der Waals surface area contributed by atoms with Crippen LogP contribution in [0.4, 0.5) is 5.69 Å². The van der Waals surface area contributed by atoms with Gasteiger partial charge < -0.3 is 15.5 Å². The Morgan fingerprint density at radius 2 is 1.64 bits per heavy atom. The maximum atomic E-state index is 12.1. The highest BCUT2D eigenvalue weighted by molar-refractivity contribution is 6.33. The molecule has 1 unspecified atom stereocenters. The van der Waals surface area contributed by atoms with Crippen molar-refractivity contribution in [2.45, 2.75) is 26.2 Å². The molecule has 6 heteroatoms. The Balaban J connectivity index is 1.69. The molecule has 0 aliphatic carbocycles. The number of rotatable bonds is 9. The first kappa shape index (κ1) is 21.9. The lowest BCUT2D eigenvalue weighted by Crippen LogP contribution is -3.11. The molecule has 2 amide bonds. The van der Waals surface area contributed by atoms with Gasteiger partial charge >= 0.3 is 0 Å². The summed E-state index contributed by atoms with van der Waals surface area (Å²) in [5, 5.41) is 6.18. The van der Waals surface area contributed by atoms with Gasteiger partial charge in [0.1, 0.15) is 0 Å². The molecule has 0 saturated carbocycles. The lowest BCUT2D eigenvalue weighted by atomic mass is 10.0. The van der Waals surface area contributed by atoms with Crippen LogP contribution >= 0.6 is 11.6 Å². The molecular weight excluding hydrogens is 374 g/mol. The highest BCUT2D eigenvalue weighted by atomic mass is 35.5. The van der Waals surface area contributed by atoms with E-state index in [0.29, 0.717) is 23.2 Å². The van der Waals surface area contributed by atoms with E-state index in [9.17, 15) is 9.59 Å². The minimum atomic E-state index is -0.177. The average molecular weight is 403 g/mol. The number of amides is 2. The van der Waals surface area contributed by atoms with Crippen molar-refractivity contribution in [2.75, 3.05) is 32.0 Å². The van der Waals surface area contributed by atoms with E-state index in [1.165, 1.54) is 11.1 Å². The Morgan fingerprint density at radius 1 is 1.00 bits per heavy atom. The lowest BCUT2D eigenvalue weighted by Gasteiger charge is -2.14. The highest BCUT2D eigenvalue weighted by Gasteiger charge is 2.14. The number of carbonyl (C=O) groups excluding carboxylic acids is 2. The number of para-hydroxylation sites is 1. The molecule has 0 fully saturated rings. The van der Waals surface area contributed by atoms with Crippen molar-refractivity contribution in [3.63, 3.8) is 0 Å². The standard InChI is InChI=1S/C22H28ClN3O2/c1-16(2)18-10-8-17(9-11-18)12-13-24-21(27)14-26(3)15-22(28)25-20-7-5-4-6-19(20)23/h4-11,16H,12-15H2,1-3H3,(H,24,27)(H,25,28)/p+1. The molecule has 3 N–H and O–H groups in total. The summed E-state index contributed by atoms with van der Waals surface area (Å²) < 4.78 is 0. The number of nitrogens with one attached hydrogen (secondary N) is 3. The third-order valence-electron chi connectivity index (χ3n) is 4.45. The van der Waals surface area contributed by atoms with Gasteiger partial charge in [0, 0.05) is 6.54 Å². The summed E-state index contributed by atoms with van der Waals surface area (Å²) in [6, 6.07) is 15.6. The van der Waals surface area contributed by atoms with Crippen LogP contribution in [0.2, 0.25) is 5.02 Å². The van der Waals surface area contributed by atoms with E-state index >= 15 is 0 Å². The molecule has 2 aromatic carbocycles. The molecule has 0 heterocycles. The first-order valence-corrected chi connectivity index (χ1v) is 9.94. The van der Waals surface area contributed by atoms with Crippen molar-refractivity contribution in [3.8, 4) is 0 Å². The number of hydrogen-bond donors (Lipinski definition) is 3. The molecule has 0 spiro atoms. The summed E-state index contributed by atoms with van der Waals surface area (Å²) in [4.78, 5) is 25.0. The molecule has 0 bridgehead atoms. The average Bonchev–Trinajstić information content (AvgIpc) is 2.63. The van der Waals surface area contributed by atoms with Gasteiger partial charge in [0.25, 0.3) is 11.8 Å². The number of benzene rings is 2. The summed E-state index contributed by atoms with van der Waals surface area (Å²) in [5.41, 5.74) is 3.09. The van der Waals surface area contributed by atoms with Crippen LogP contribution in [0.1, 0.15) is 30.9 Å². The second-order valence-electron chi connectivity index (χ2n) is 7.33. The molecule has 0 radical (unpaired) electrons. The zero-order chi connectivity index (χ0) is 20.5. The van der Waals surface area contributed by atoms with Gasteiger partial charge in [-0.1, -0.05) is 61.8 Å². The van der Waals surface area contributed by atoms with Crippen molar-refractivity contribution in [3.05, 3.63) is 64.7 Å². The highest BCUT2D eigenvalue weighted by Crippen LogP contribution is 2.19. The Kier molecular flexibility index (Phi) is 8.48. The Labute approximate surface area is 172 Å². The fourth-order valence-corrected chi connectivity index (χ4v) is 3.03. The van der Waals surface area contributed by atoms with E-state index in [-0.39, 0.29) is 24.9 Å². The Morgan fingerprint density at radius 3 is 2.29 bits per heavy atom. The first-order valence-electron chi connectivity index (χ1n) is 9.56. The van der Waals surface area contributed by atoms with E-state index in [4.69, 9.17) is 11.6 Å². The van der Waals surface area contributed by atoms with Crippen molar-refractivity contribution < 1.29 is 14.5 Å². The second-order valence-corrected chi connectivity index (χ2v) is 7.74. The Hall–Kier alpha value is -2.37. The van der Waals surface area contributed by atoms with E-state index in [0.717, 1.165) is 11.3 Å². The van der Waals surface area contributed by atoms with Crippen LogP contribution in [0.15, 0.2) is 48.5 Å². The zero-order valence-corrected chi connectivity index (χ0v) is 17.5. The molecule has 0 saturated heterocycles. The number of likely N-dealkylation sites (N-methyl/N-ethyl adjacent to an activating group) is 1. The molecule has 5 nitrogen and oxygen atoms in total. The molecule has 0 aromatic heterocycles. The number of hydrogen-bond acceptors (Lipinski definition) is 2. The summed E-state index contributed by atoms with van der Waals surface area (Å²) in [5.74, 6) is 0.271. The Bertz CT molecular complexity index is 791. The fourth-order valence-electron chi connectivity index (χ4n) is 2.85. The van der Waals surface area contributed by atoms with Gasteiger partial charge in [0.15, 0.2) is 13.1 Å². The zero-order valence-electron chi connectivity index (χ0n) is 16.7. The second kappa shape index (κ2) is 10.8. The first-order chi connectivity index (χ1) is 13.3. The quantitative estimate of drug-likeness (QED) is 0.602. The molecular formula is C22H29ClN3O2+. The van der Waals surface area contributed by atoms with Crippen molar-refractivity contribution >= 4 is 29.1 Å². The van der Waals surface area contributed by atoms with Crippen LogP contribution < -0.4 is 15.5 Å². The number of halogens is 1. The fraction of sp³-hybridized carbons (Fsp3) is 0.364. The largest absolute Gasteiger partial charge is 0.351 e. The summed E-state index contributed by atoms with van der Waals surface area (Å²) in [6.45, 7) is 5.35. The smallest absolute Gasteiger partial charge is 0.279 e. The van der Waals surface area contributed by atoms with Gasteiger partial charge in [-0.05, 0) is 35.6 Å². The van der Waals surface area contributed by atoms with Gasteiger partial charge in [-0.3, -0.25) is 9.59 Å². The van der Waals surface area contributed by atoms with Crippen LogP contribution in [0.25, 0.3) is 0 Å². The van der Waals surface area contributed by atoms with E-state index < -0.39 is 0 Å². The molecule has 2 aromatic rings. The molecule has 150 valence electrons. The number of quaternary nitrogens is 1. The summed E-state index contributed by atoms with van der Waals surface area (Å²) in [6.07, 6.45) is 0.788. The SMILES string of the molecule is CC(C)c1ccc(CCNC(=O)C[NH+](C)CC(=O)Nc2ccccc2Cl)cc1. The third kappa shape index (κ3) is 7.33. The van der Waals surface area contributed by atoms with Crippen LogP contribution in [-0.2, 0) is 16.0 Å². The predicted molar refractivity (Wildman–Crippen MR) is 114 cm³/mol. The van der Waals surface area contributed by atoms with Gasteiger partial charge in [0.2, 0.25) is 0 Å². The molecule has 0 aliphatic rings. The van der Waals surface area contributed by atoms with Gasteiger partial charge in [-0.25, -0.2) is 0 Å². The minimum absolute atomic E-state index is 0.0677. The maximum absolute atomic E-state index is 12.1. The molecule has 1 atom stereocenters. The molecule has 2 rings (SSSR count). The monoisotopic (exact) mass is 402 g/mol. The normalized spacial score (nSPS) is 11.9. The van der Waals surface area contributed by atoms with E-state index in [1.54, 1.807) is 18.2 Å². The summed E-state index contributed by atoms with van der Waals surface area (Å²) >= 11 is 6.04. The van der Waals surface area contributed by atoms with Crippen LogP contribution in [0.3, 0.4) is 0 Å². The topological polar surface area (TPSA) is 62.6 Å². The van der Waals surface area contributed by atoms with Crippen LogP contribution in [0.5, 0.6) is 0 Å². The van der Waals surface area contributed by atoms with Crippen LogP contribution in [0, 0.1) is 0 Å². The van der Waals surface area contributed by atoms with E-state index in [2.05, 4.69) is 48.7 Å². The van der Waals surface area contributed by atoms with Gasteiger partial charge in [0.05, 0.1) is 17.8 Å². The van der Waals surface area contributed by atoms with E-state index in [1.807, 2.05) is 13.1 Å².